The van der Waals surface area contributed by atoms with Crippen molar-refractivity contribution in [1.82, 2.24) is 9.78 Å². The predicted molar refractivity (Wildman–Crippen MR) is 107 cm³/mol. The largest absolute Gasteiger partial charge is 0.366 e. The van der Waals surface area contributed by atoms with E-state index in [-0.39, 0.29) is 12.0 Å². The molecule has 142 valence electrons. The van der Waals surface area contributed by atoms with Crippen molar-refractivity contribution in [2.75, 3.05) is 5.32 Å². The van der Waals surface area contributed by atoms with E-state index in [9.17, 15) is 9.59 Å². The van der Waals surface area contributed by atoms with Crippen LogP contribution in [0.4, 0.5) is 5.69 Å². The predicted octanol–water partition coefficient (Wildman–Crippen LogP) is 3.27. The number of nitrogens with two attached hydrogens (primary N) is 1. The average Bonchev–Trinajstić information content (AvgIpc) is 3.12. The second kappa shape index (κ2) is 7.57. The van der Waals surface area contributed by atoms with Crippen LogP contribution in [0.1, 0.15) is 38.2 Å². The topological polar surface area (TPSA) is 99.2 Å². The van der Waals surface area contributed by atoms with E-state index in [0.717, 1.165) is 15.7 Å². The Morgan fingerprint density at radius 3 is 2.54 bits per heavy atom. The standard InChI is InChI=1S/C20H17BrN4O3/c21-14-5-1-12(2-6-14)18-10-25-16(11-28-18)9-17(24-25)20(27)23-15-7-3-13(4-8-15)19(22)26/h1-9,18H,10-11H2,(H2,22,26)(H,23,27). The van der Waals surface area contributed by atoms with Crippen molar-refractivity contribution in [2.45, 2.75) is 19.3 Å². The van der Waals surface area contributed by atoms with Crippen LogP contribution in [-0.4, -0.2) is 21.6 Å². The highest BCUT2D eigenvalue weighted by molar-refractivity contribution is 9.10. The van der Waals surface area contributed by atoms with Gasteiger partial charge in [0.25, 0.3) is 5.91 Å². The van der Waals surface area contributed by atoms with Gasteiger partial charge >= 0.3 is 0 Å². The summed E-state index contributed by atoms with van der Waals surface area (Å²) in [4.78, 5) is 23.6. The Labute approximate surface area is 169 Å². The molecule has 1 unspecified atom stereocenters. The van der Waals surface area contributed by atoms with Crippen LogP contribution >= 0.6 is 15.9 Å². The first kappa shape index (κ1) is 18.4. The molecule has 4 rings (SSSR count). The van der Waals surface area contributed by atoms with Crippen LogP contribution in [0.25, 0.3) is 0 Å². The average molecular weight is 441 g/mol. The third-order valence-corrected chi connectivity index (χ3v) is 5.06. The molecule has 8 heteroatoms. The fourth-order valence-electron chi connectivity index (χ4n) is 3.03. The van der Waals surface area contributed by atoms with Gasteiger partial charge in [-0.25, -0.2) is 0 Å². The number of halogens is 1. The van der Waals surface area contributed by atoms with Crippen molar-refractivity contribution in [2.24, 2.45) is 5.73 Å². The van der Waals surface area contributed by atoms with E-state index in [4.69, 9.17) is 10.5 Å². The number of carbonyl (C=O) groups excluding carboxylic acids is 2. The van der Waals surface area contributed by atoms with E-state index in [1.165, 1.54) is 0 Å². The Morgan fingerprint density at radius 1 is 1.14 bits per heavy atom. The van der Waals surface area contributed by atoms with E-state index < -0.39 is 5.91 Å². The van der Waals surface area contributed by atoms with E-state index in [1.807, 2.05) is 24.3 Å². The molecule has 1 atom stereocenters. The van der Waals surface area contributed by atoms with Crippen LogP contribution in [0, 0.1) is 0 Å². The summed E-state index contributed by atoms with van der Waals surface area (Å²) in [6.07, 6.45) is -0.113. The van der Waals surface area contributed by atoms with Crippen molar-refractivity contribution in [3.8, 4) is 0 Å². The first-order valence-corrected chi connectivity index (χ1v) is 9.44. The summed E-state index contributed by atoms with van der Waals surface area (Å²) in [7, 11) is 0. The molecule has 0 saturated carbocycles. The second-order valence-corrected chi connectivity index (χ2v) is 7.37. The highest BCUT2D eigenvalue weighted by atomic mass is 79.9. The van der Waals surface area contributed by atoms with Crippen LogP contribution in [0.5, 0.6) is 0 Å². The molecule has 0 aliphatic carbocycles. The van der Waals surface area contributed by atoms with Crippen molar-refractivity contribution in [3.05, 3.63) is 81.6 Å². The zero-order valence-electron chi connectivity index (χ0n) is 14.8. The number of ether oxygens (including phenoxy) is 1. The molecule has 0 radical (unpaired) electrons. The number of fused-ring (bicyclic) bond motifs is 1. The fourth-order valence-corrected chi connectivity index (χ4v) is 3.29. The number of amides is 2. The van der Waals surface area contributed by atoms with Gasteiger partial charge in [-0.1, -0.05) is 28.1 Å². The van der Waals surface area contributed by atoms with Gasteiger partial charge in [0.2, 0.25) is 5.91 Å². The lowest BCUT2D eigenvalue weighted by molar-refractivity contribution is -0.00119. The number of hydrogen-bond acceptors (Lipinski definition) is 4. The lowest BCUT2D eigenvalue weighted by Crippen LogP contribution is -2.22. The molecule has 7 nitrogen and oxygen atoms in total. The number of benzene rings is 2. The quantitative estimate of drug-likeness (QED) is 0.649. The van der Waals surface area contributed by atoms with Gasteiger partial charge in [0.05, 0.1) is 18.8 Å². The molecule has 2 heterocycles. The van der Waals surface area contributed by atoms with Crippen molar-refractivity contribution >= 4 is 33.4 Å². The first-order valence-electron chi connectivity index (χ1n) is 8.64. The summed E-state index contributed by atoms with van der Waals surface area (Å²) < 4.78 is 8.74. The summed E-state index contributed by atoms with van der Waals surface area (Å²) >= 11 is 3.43. The summed E-state index contributed by atoms with van der Waals surface area (Å²) in [5.74, 6) is -0.839. The van der Waals surface area contributed by atoms with Crippen LogP contribution < -0.4 is 11.1 Å². The van der Waals surface area contributed by atoms with Gasteiger partial charge < -0.3 is 15.8 Å². The Hall–Kier alpha value is -2.97. The SMILES string of the molecule is NC(=O)c1ccc(NC(=O)c2cc3n(n2)CC(c2ccc(Br)cc2)OC3)cc1. The normalized spacial score (nSPS) is 15.7. The molecule has 3 N–H and O–H groups in total. The van der Waals surface area contributed by atoms with Gasteiger partial charge in [0.1, 0.15) is 6.10 Å². The van der Waals surface area contributed by atoms with Gasteiger partial charge in [0, 0.05) is 15.7 Å². The number of rotatable bonds is 4. The lowest BCUT2D eigenvalue weighted by atomic mass is 10.1. The second-order valence-electron chi connectivity index (χ2n) is 6.45. The molecule has 28 heavy (non-hydrogen) atoms. The van der Waals surface area contributed by atoms with Crippen LogP contribution in [0.3, 0.4) is 0 Å². The molecule has 1 aliphatic heterocycles. The zero-order chi connectivity index (χ0) is 19.7. The van der Waals surface area contributed by atoms with Crippen molar-refractivity contribution in [3.63, 3.8) is 0 Å². The number of nitrogens with zero attached hydrogens (tertiary/aromatic N) is 2. The van der Waals surface area contributed by atoms with Gasteiger partial charge in [-0.15, -0.1) is 0 Å². The Kier molecular flexibility index (Phi) is 4.97. The molecule has 0 fully saturated rings. The van der Waals surface area contributed by atoms with E-state index >= 15 is 0 Å². The smallest absolute Gasteiger partial charge is 0.276 e. The summed E-state index contributed by atoms with van der Waals surface area (Å²) in [6, 6.07) is 16.1. The third-order valence-electron chi connectivity index (χ3n) is 4.54. The third kappa shape index (κ3) is 3.83. The molecule has 1 aliphatic rings. The molecular weight excluding hydrogens is 424 g/mol. The minimum Gasteiger partial charge on any atom is -0.366 e. The molecule has 2 amide bonds. The monoisotopic (exact) mass is 440 g/mol. The maximum absolute atomic E-state index is 12.5. The van der Waals surface area contributed by atoms with Crippen LogP contribution in [0.15, 0.2) is 59.1 Å². The van der Waals surface area contributed by atoms with Gasteiger partial charge in [-0.05, 0) is 48.0 Å². The maximum atomic E-state index is 12.5. The maximum Gasteiger partial charge on any atom is 0.276 e. The minimum atomic E-state index is -0.514. The van der Waals surface area contributed by atoms with Gasteiger partial charge in [-0.3, -0.25) is 14.3 Å². The minimum absolute atomic E-state index is 0.113. The highest BCUT2D eigenvalue weighted by Crippen LogP contribution is 2.27. The zero-order valence-corrected chi connectivity index (χ0v) is 16.3. The Bertz CT molecular complexity index is 1030. The highest BCUT2D eigenvalue weighted by Gasteiger charge is 2.24. The van der Waals surface area contributed by atoms with E-state index in [0.29, 0.717) is 30.1 Å². The lowest BCUT2D eigenvalue weighted by Gasteiger charge is -2.24. The molecule has 0 bridgehead atoms. The molecule has 0 saturated heterocycles. The molecule has 2 aromatic carbocycles. The Balaban J connectivity index is 1.47. The molecule has 0 spiro atoms. The summed E-state index contributed by atoms with van der Waals surface area (Å²) in [5, 5.41) is 7.20. The first-order chi connectivity index (χ1) is 13.5. The molecule has 3 aromatic rings. The number of carbonyl (C=O) groups is 2. The van der Waals surface area contributed by atoms with Crippen molar-refractivity contribution < 1.29 is 14.3 Å². The van der Waals surface area contributed by atoms with E-state index in [1.54, 1.807) is 35.0 Å². The summed E-state index contributed by atoms with van der Waals surface area (Å²) in [6.45, 7) is 0.922. The molecule has 1 aromatic heterocycles. The van der Waals surface area contributed by atoms with Gasteiger partial charge in [-0.2, -0.15) is 5.10 Å². The Morgan fingerprint density at radius 2 is 1.86 bits per heavy atom. The number of anilines is 1. The van der Waals surface area contributed by atoms with Gasteiger partial charge in [0.15, 0.2) is 5.69 Å². The van der Waals surface area contributed by atoms with Crippen LogP contribution in [-0.2, 0) is 17.9 Å². The summed E-state index contributed by atoms with van der Waals surface area (Å²) in [5.41, 5.74) is 8.38. The van der Waals surface area contributed by atoms with Crippen LogP contribution in [0.2, 0.25) is 0 Å². The fraction of sp³-hybridized carbons (Fsp3) is 0.150. The number of aromatic nitrogens is 2. The molecular formula is C20H17BrN4O3. The number of primary amides is 1. The number of hydrogen-bond donors (Lipinski definition) is 2. The van der Waals surface area contributed by atoms with Crippen molar-refractivity contribution in [1.29, 1.82) is 0 Å². The van der Waals surface area contributed by atoms with E-state index in [2.05, 4.69) is 26.3 Å². The number of nitrogens with one attached hydrogen (secondary N) is 1.